The summed E-state index contributed by atoms with van der Waals surface area (Å²) in [6, 6.07) is 12.3. The van der Waals surface area contributed by atoms with E-state index in [1.807, 2.05) is 30.3 Å². The van der Waals surface area contributed by atoms with Gasteiger partial charge in [-0.2, -0.15) is 5.26 Å². The molecule has 3 rings (SSSR count). The fourth-order valence-electron chi connectivity index (χ4n) is 2.23. The third kappa shape index (κ3) is 2.68. The topological polar surface area (TPSA) is 36.7 Å². The van der Waals surface area contributed by atoms with E-state index in [1.54, 1.807) is 11.8 Å². The molecule has 0 fully saturated rings. The smallest absolute Gasteiger partial charge is 0.119 e. The monoisotopic (exact) mass is 330 g/mol. The van der Waals surface area contributed by atoms with Gasteiger partial charge in [-0.1, -0.05) is 27.7 Å². The van der Waals surface area contributed by atoms with Crippen molar-refractivity contribution in [3.05, 3.63) is 51.6 Å². The van der Waals surface area contributed by atoms with Crippen LogP contribution in [0.5, 0.6) is 0 Å². The first-order chi connectivity index (χ1) is 9.26. The Morgan fingerprint density at radius 1 is 1.21 bits per heavy atom. The number of nitriles is 1. The third-order valence-electron chi connectivity index (χ3n) is 3.16. The van der Waals surface area contributed by atoms with Gasteiger partial charge < -0.3 is 0 Å². The van der Waals surface area contributed by atoms with Crippen molar-refractivity contribution in [2.45, 2.75) is 29.2 Å². The number of fused-ring (bicyclic) bond motifs is 1. The van der Waals surface area contributed by atoms with Crippen LogP contribution in [0, 0.1) is 11.3 Å². The fourth-order valence-corrected chi connectivity index (χ4v) is 3.36. The van der Waals surface area contributed by atoms with Crippen LogP contribution in [0.1, 0.15) is 23.2 Å². The molecular formula is C15H11BrN2S. The molecule has 0 saturated carbocycles. The second-order valence-corrected chi connectivity index (χ2v) is 6.45. The van der Waals surface area contributed by atoms with Crippen molar-refractivity contribution >= 4 is 27.7 Å². The zero-order valence-electron chi connectivity index (χ0n) is 10.2. The number of pyridine rings is 1. The van der Waals surface area contributed by atoms with Crippen molar-refractivity contribution in [3.63, 3.8) is 0 Å². The summed E-state index contributed by atoms with van der Waals surface area (Å²) in [4.78, 5) is 5.77. The lowest BCUT2D eigenvalue weighted by Gasteiger charge is -2.06. The normalized spacial score (nSPS) is 13.1. The molecule has 2 aromatic rings. The molecule has 0 saturated heterocycles. The zero-order chi connectivity index (χ0) is 13.2. The molecule has 0 N–H and O–H groups in total. The van der Waals surface area contributed by atoms with Gasteiger partial charge in [0.25, 0.3) is 0 Å². The Balaban J connectivity index is 1.96. The molecule has 0 amide bonds. The molecule has 19 heavy (non-hydrogen) atoms. The standard InChI is InChI=1S/C15H11BrN2S/c16-12-4-6-13(7-5-12)19-15-11(9-17)8-10-2-1-3-14(10)18-15/h4-8H,1-3H2. The summed E-state index contributed by atoms with van der Waals surface area (Å²) in [6.07, 6.45) is 3.24. The maximum absolute atomic E-state index is 9.26. The number of hydrogen-bond donors (Lipinski definition) is 0. The first-order valence-electron chi connectivity index (χ1n) is 6.12. The lowest BCUT2D eigenvalue weighted by Crippen LogP contribution is -1.94. The molecule has 0 unspecified atom stereocenters. The summed E-state index contributed by atoms with van der Waals surface area (Å²) in [7, 11) is 0. The first-order valence-corrected chi connectivity index (χ1v) is 7.73. The summed E-state index contributed by atoms with van der Waals surface area (Å²) >= 11 is 4.98. The van der Waals surface area contributed by atoms with Crippen molar-refractivity contribution < 1.29 is 0 Å². The van der Waals surface area contributed by atoms with E-state index >= 15 is 0 Å². The van der Waals surface area contributed by atoms with E-state index in [9.17, 15) is 5.26 Å². The molecule has 4 heteroatoms. The van der Waals surface area contributed by atoms with Crippen LogP contribution in [0.25, 0.3) is 0 Å². The molecule has 2 nitrogen and oxygen atoms in total. The Morgan fingerprint density at radius 2 is 2.00 bits per heavy atom. The molecule has 0 aliphatic heterocycles. The highest BCUT2D eigenvalue weighted by Crippen LogP contribution is 2.32. The van der Waals surface area contributed by atoms with Crippen molar-refractivity contribution in [2.75, 3.05) is 0 Å². The van der Waals surface area contributed by atoms with Gasteiger partial charge in [-0.25, -0.2) is 4.98 Å². The molecule has 1 heterocycles. The maximum atomic E-state index is 9.26. The molecule has 94 valence electrons. The minimum atomic E-state index is 0.688. The Hall–Kier alpha value is -1.31. The highest BCUT2D eigenvalue weighted by atomic mass is 79.9. The van der Waals surface area contributed by atoms with E-state index < -0.39 is 0 Å². The van der Waals surface area contributed by atoms with Crippen LogP contribution < -0.4 is 0 Å². The van der Waals surface area contributed by atoms with Gasteiger partial charge in [0.2, 0.25) is 0 Å². The largest absolute Gasteiger partial charge is 0.244 e. The summed E-state index contributed by atoms with van der Waals surface area (Å²) < 4.78 is 1.05. The molecule has 0 atom stereocenters. The highest BCUT2D eigenvalue weighted by molar-refractivity contribution is 9.10. The van der Waals surface area contributed by atoms with Crippen LogP contribution in [-0.2, 0) is 12.8 Å². The van der Waals surface area contributed by atoms with Gasteiger partial charge in [-0.05, 0) is 55.2 Å². The Labute approximate surface area is 125 Å². The third-order valence-corrected chi connectivity index (χ3v) is 4.71. The molecular weight excluding hydrogens is 320 g/mol. The second kappa shape index (κ2) is 5.36. The Bertz CT molecular complexity index is 659. The van der Waals surface area contributed by atoms with Crippen molar-refractivity contribution in [1.29, 1.82) is 5.26 Å². The van der Waals surface area contributed by atoms with Crippen LogP contribution in [0.4, 0.5) is 0 Å². The second-order valence-electron chi connectivity index (χ2n) is 4.47. The minimum Gasteiger partial charge on any atom is -0.244 e. The van der Waals surface area contributed by atoms with Crippen molar-refractivity contribution in [1.82, 2.24) is 4.98 Å². The van der Waals surface area contributed by atoms with Crippen LogP contribution in [0.3, 0.4) is 0 Å². The quantitative estimate of drug-likeness (QED) is 0.821. The minimum absolute atomic E-state index is 0.688. The lowest BCUT2D eigenvalue weighted by molar-refractivity contribution is 0.891. The molecule has 0 spiro atoms. The number of rotatable bonds is 2. The Kier molecular flexibility index (Phi) is 3.58. The number of nitrogens with zero attached hydrogens (tertiary/aromatic N) is 2. The maximum Gasteiger partial charge on any atom is 0.119 e. The number of aryl methyl sites for hydroxylation is 2. The summed E-state index contributed by atoms with van der Waals surface area (Å²) in [5.41, 5.74) is 3.10. The predicted octanol–water partition coefficient (Wildman–Crippen LogP) is 4.36. The summed E-state index contributed by atoms with van der Waals surface area (Å²) in [6.45, 7) is 0. The summed E-state index contributed by atoms with van der Waals surface area (Å²) in [5, 5.41) is 10.1. The van der Waals surface area contributed by atoms with Gasteiger partial charge in [0.15, 0.2) is 0 Å². The average Bonchev–Trinajstić information content (AvgIpc) is 2.87. The van der Waals surface area contributed by atoms with E-state index in [0.717, 1.165) is 33.7 Å². The van der Waals surface area contributed by atoms with Gasteiger partial charge in [0.05, 0.1) is 5.56 Å². The molecule has 1 aliphatic carbocycles. The first kappa shape index (κ1) is 12.7. The summed E-state index contributed by atoms with van der Waals surface area (Å²) in [5.74, 6) is 0. The molecule has 1 aromatic heterocycles. The van der Waals surface area contributed by atoms with Crippen LogP contribution >= 0.6 is 27.7 Å². The van der Waals surface area contributed by atoms with Crippen molar-refractivity contribution in [2.24, 2.45) is 0 Å². The average molecular weight is 331 g/mol. The highest BCUT2D eigenvalue weighted by Gasteiger charge is 2.16. The van der Waals surface area contributed by atoms with Gasteiger partial charge in [0.1, 0.15) is 11.1 Å². The molecule has 0 radical (unpaired) electrons. The van der Waals surface area contributed by atoms with E-state index in [1.165, 1.54) is 11.3 Å². The zero-order valence-corrected chi connectivity index (χ0v) is 12.6. The number of hydrogen-bond acceptors (Lipinski definition) is 3. The van der Waals surface area contributed by atoms with Crippen LogP contribution in [0.2, 0.25) is 0 Å². The number of aromatic nitrogens is 1. The van der Waals surface area contributed by atoms with Gasteiger partial charge in [-0.15, -0.1) is 0 Å². The SMILES string of the molecule is N#Cc1cc2c(nc1Sc1ccc(Br)cc1)CCC2. The predicted molar refractivity (Wildman–Crippen MR) is 79.2 cm³/mol. The Morgan fingerprint density at radius 3 is 2.74 bits per heavy atom. The molecule has 1 aromatic carbocycles. The van der Waals surface area contributed by atoms with Crippen LogP contribution in [0.15, 0.2) is 44.7 Å². The van der Waals surface area contributed by atoms with E-state index in [4.69, 9.17) is 0 Å². The van der Waals surface area contributed by atoms with E-state index in [0.29, 0.717) is 5.56 Å². The van der Waals surface area contributed by atoms with Gasteiger partial charge in [-0.3, -0.25) is 0 Å². The number of halogens is 1. The molecule has 1 aliphatic rings. The number of benzene rings is 1. The van der Waals surface area contributed by atoms with Crippen LogP contribution in [-0.4, -0.2) is 4.98 Å². The lowest BCUT2D eigenvalue weighted by atomic mass is 10.2. The van der Waals surface area contributed by atoms with Gasteiger partial charge >= 0.3 is 0 Å². The van der Waals surface area contributed by atoms with Crippen molar-refractivity contribution in [3.8, 4) is 6.07 Å². The van der Waals surface area contributed by atoms with E-state index in [-0.39, 0.29) is 0 Å². The van der Waals surface area contributed by atoms with Gasteiger partial charge in [0, 0.05) is 15.1 Å². The molecule has 0 bridgehead atoms. The fraction of sp³-hybridized carbons (Fsp3) is 0.200. The van der Waals surface area contributed by atoms with E-state index in [2.05, 4.69) is 27.0 Å².